The van der Waals surface area contributed by atoms with Crippen molar-refractivity contribution in [1.29, 1.82) is 0 Å². The van der Waals surface area contributed by atoms with Gasteiger partial charge in [0.05, 0.1) is 0 Å². The Morgan fingerprint density at radius 2 is 2.00 bits per heavy atom. The number of hydrogen-bond acceptors (Lipinski definition) is 2. The second kappa shape index (κ2) is 5.23. The van der Waals surface area contributed by atoms with Gasteiger partial charge in [0, 0.05) is 28.5 Å². The molecule has 2 rings (SSSR count). The van der Waals surface area contributed by atoms with Gasteiger partial charge < -0.3 is 4.74 Å². The van der Waals surface area contributed by atoms with E-state index in [4.69, 9.17) is 4.74 Å². The zero-order chi connectivity index (χ0) is 12.3. The molecule has 0 saturated heterocycles. The van der Waals surface area contributed by atoms with Crippen LogP contribution in [0.4, 0.5) is 8.78 Å². The summed E-state index contributed by atoms with van der Waals surface area (Å²) in [5, 5.41) is 0. The van der Waals surface area contributed by atoms with Crippen LogP contribution in [0.2, 0.25) is 0 Å². The van der Waals surface area contributed by atoms with Crippen LogP contribution < -0.4 is 4.74 Å². The van der Waals surface area contributed by atoms with Crippen LogP contribution in [0.25, 0.3) is 0 Å². The van der Waals surface area contributed by atoms with Gasteiger partial charge in [0.15, 0.2) is 11.6 Å². The third-order valence-electron chi connectivity index (χ3n) is 2.05. The Labute approximate surface area is 105 Å². The SMILES string of the molecule is Fc1ccc(F)c(OCc2cncc(Br)c2)c1. The molecular formula is C12H8BrF2NO. The molecule has 0 aliphatic rings. The summed E-state index contributed by atoms with van der Waals surface area (Å²) in [5.74, 6) is -1.23. The fourth-order valence-corrected chi connectivity index (χ4v) is 1.70. The van der Waals surface area contributed by atoms with Gasteiger partial charge in [-0.2, -0.15) is 0 Å². The van der Waals surface area contributed by atoms with Crippen LogP contribution in [0.1, 0.15) is 5.56 Å². The first-order chi connectivity index (χ1) is 8.15. The first kappa shape index (κ1) is 12.0. The number of pyridine rings is 1. The third-order valence-corrected chi connectivity index (χ3v) is 2.48. The Kier molecular flexibility index (Phi) is 3.68. The lowest BCUT2D eigenvalue weighted by atomic mass is 10.3. The predicted molar refractivity (Wildman–Crippen MR) is 62.6 cm³/mol. The summed E-state index contributed by atoms with van der Waals surface area (Å²) in [6, 6.07) is 4.89. The van der Waals surface area contributed by atoms with Crippen molar-refractivity contribution in [2.75, 3.05) is 0 Å². The molecule has 1 aromatic heterocycles. The zero-order valence-corrected chi connectivity index (χ0v) is 10.2. The van der Waals surface area contributed by atoms with Crippen molar-refractivity contribution >= 4 is 15.9 Å². The normalized spacial score (nSPS) is 10.3. The standard InChI is InChI=1S/C12H8BrF2NO/c13-9-3-8(5-16-6-9)7-17-12-4-10(14)1-2-11(12)15/h1-6H,7H2. The molecule has 1 heterocycles. The van der Waals surface area contributed by atoms with E-state index in [1.165, 1.54) is 0 Å². The number of aromatic nitrogens is 1. The highest BCUT2D eigenvalue weighted by atomic mass is 79.9. The summed E-state index contributed by atoms with van der Waals surface area (Å²) in [6.45, 7) is 0.132. The molecule has 0 aliphatic carbocycles. The van der Waals surface area contributed by atoms with Crippen molar-refractivity contribution in [3.8, 4) is 5.75 Å². The average Bonchev–Trinajstić information content (AvgIpc) is 2.30. The van der Waals surface area contributed by atoms with Crippen LogP contribution in [0.15, 0.2) is 41.1 Å². The van der Waals surface area contributed by atoms with Gasteiger partial charge in [-0.15, -0.1) is 0 Å². The summed E-state index contributed by atoms with van der Waals surface area (Å²) < 4.78 is 32.1. The minimum atomic E-state index is -0.589. The fraction of sp³-hybridized carbons (Fsp3) is 0.0833. The fourth-order valence-electron chi connectivity index (χ4n) is 1.28. The van der Waals surface area contributed by atoms with Gasteiger partial charge in [0.25, 0.3) is 0 Å². The molecule has 2 nitrogen and oxygen atoms in total. The third kappa shape index (κ3) is 3.23. The molecule has 0 amide bonds. The molecule has 88 valence electrons. The Morgan fingerprint density at radius 1 is 1.18 bits per heavy atom. The Balaban J connectivity index is 2.09. The van der Waals surface area contributed by atoms with Gasteiger partial charge in [-0.3, -0.25) is 4.98 Å². The molecule has 0 N–H and O–H groups in total. The van der Waals surface area contributed by atoms with Crippen LogP contribution in [0.5, 0.6) is 5.75 Å². The van der Waals surface area contributed by atoms with E-state index in [9.17, 15) is 8.78 Å². The molecule has 0 saturated carbocycles. The van der Waals surface area contributed by atoms with Crippen LogP contribution in [0, 0.1) is 11.6 Å². The van der Waals surface area contributed by atoms with Gasteiger partial charge in [-0.25, -0.2) is 8.78 Å². The molecule has 0 spiro atoms. The number of ether oxygens (including phenoxy) is 1. The van der Waals surface area contributed by atoms with E-state index in [1.807, 2.05) is 0 Å². The molecule has 2 aromatic rings. The predicted octanol–water partition coefficient (Wildman–Crippen LogP) is 3.70. The second-order valence-corrected chi connectivity index (χ2v) is 4.29. The summed E-state index contributed by atoms with van der Waals surface area (Å²) in [7, 11) is 0. The van der Waals surface area contributed by atoms with Gasteiger partial charge in [0.1, 0.15) is 12.4 Å². The van der Waals surface area contributed by atoms with Crippen LogP contribution in [-0.2, 0) is 6.61 Å². The van der Waals surface area contributed by atoms with Crippen LogP contribution in [-0.4, -0.2) is 4.98 Å². The maximum absolute atomic E-state index is 13.2. The first-order valence-electron chi connectivity index (χ1n) is 4.82. The van der Waals surface area contributed by atoms with Crippen LogP contribution >= 0.6 is 15.9 Å². The number of nitrogens with zero attached hydrogens (tertiary/aromatic N) is 1. The summed E-state index contributed by atoms with van der Waals surface area (Å²) in [6.07, 6.45) is 3.23. The quantitative estimate of drug-likeness (QED) is 0.862. The van der Waals surface area contributed by atoms with E-state index in [-0.39, 0.29) is 12.4 Å². The molecule has 1 aromatic carbocycles. The van der Waals surface area contributed by atoms with Gasteiger partial charge in [-0.05, 0) is 34.1 Å². The zero-order valence-electron chi connectivity index (χ0n) is 8.66. The molecule has 5 heteroatoms. The number of halogens is 3. The lowest BCUT2D eigenvalue weighted by Crippen LogP contribution is -1.98. The molecule has 17 heavy (non-hydrogen) atoms. The molecule has 0 bridgehead atoms. The van der Waals surface area contributed by atoms with Crippen LogP contribution in [0.3, 0.4) is 0 Å². The van der Waals surface area contributed by atoms with E-state index >= 15 is 0 Å². The Hall–Kier alpha value is -1.49. The number of benzene rings is 1. The number of hydrogen-bond donors (Lipinski definition) is 0. The molecule has 0 aliphatic heterocycles. The van der Waals surface area contributed by atoms with E-state index < -0.39 is 11.6 Å². The van der Waals surface area contributed by atoms with Crippen molar-refractivity contribution in [2.24, 2.45) is 0 Å². The Morgan fingerprint density at radius 3 is 2.76 bits per heavy atom. The lowest BCUT2D eigenvalue weighted by Gasteiger charge is -2.07. The van der Waals surface area contributed by atoms with Crippen molar-refractivity contribution in [2.45, 2.75) is 6.61 Å². The summed E-state index contributed by atoms with van der Waals surface area (Å²) in [5.41, 5.74) is 0.767. The topological polar surface area (TPSA) is 22.1 Å². The maximum atomic E-state index is 13.2. The van der Waals surface area contributed by atoms with Gasteiger partial charge in [0.2, 0.25) is 0 Å². The molecular weight excluding hydrogens is 292 g/mol. The largest absolute Gasteiger partial charge is 0.486 e. The van der Waals surface area contributed by atoms with Crippen molar-refractivity contribution < 1.29 is 13.5 Å². The van der Waals surface area contributed by atoms with Crippen molar-refractivity contribution in [3.63, 3.8) is 0 Å². The molecule has 0 radical (unpaired) electrons. The molecule has 0 fully saturated rings. The highest BCUT2D eigenvalue weighted by Gasteiger charge is 2.05. The maximum Gasteiger partial charge on any atom is 0.165 e. The monoisotopic (exact) mass is 299 g/mol. The minimum absolute atomic E-state index is 0.107. The highest BCUT2D eigenvalue weighted by molar-refractivity contribution is 9.10. The number of rotatable bonds is 3. The lowest BCUT2D eigenvalue weighted by molar-refractivity contribution is 0.288. The van der Waals surface area contributed by atoms with Gasteiger partial charge in [-0.1, -0.05) is 0 Å². The highest BCUT2D eigenvalue weighted by Crippen LogP contribution is 2.19. The first-order valence-corrected chi connectivity index (χ1v) is 5.62. The summed E-state index contributed by atoms with van der Waals surface area (Å²) >= 11 is 3.26. The second-order valence-electron chi connectivity index (χ2n) is 3.37. The Bertz CT molecular complexity index is 534. The van der Waals surface area contributed by atoms with E-state index in [2.05, 4.69) is 20.9 Å². The molecule has 0 unspecified atom stereocenters. The smallest absolute Gasteiger partial charge is 0.165 e. The van der Waals surface area contributed by atoms with Crippen molar-refractivity contribution in [3.05, 3.63) is 58.3 Å². The average molecular weight is 300 g/mol. The van der Waals surface area contributed by atoms with Crippen molar-refractivity contribution in [1.82, 2.24) is 4.98 Å². The van der Waals surface area contributed by atoms with E-state index in [0.29, 0.717) is 0 Å². The van der Waals surface area contributed by atoms with Gasteiger partial charge >= 0.3 is 0 Å². The van der Waals surface area contributed by atoms with E-state index in [1.54, 1.807) is 18.5 Å². The minimum Gasteiger partial charge on any atom is -0.486 e. The summed E-state index contributed by atoms with van der Waals surface area (Å²) in [4.78, 5) is 3.94. The van der Waals surface area contributed by atoms with E-state index in [0.717, 1.165) is 28.2 Å². The molecule has 0 atom stereocenters.